The van der Waals surface area contributed by atoms with Crippen LogP contribution < -0.4 is 4.74 Å². The fraction of sp³-hybridized carbons (Fsp3) is 0.222. The number of alkyl halides is 3. The van der Waals surface area contributed by atoms with Gasteiger partial charge in [0.05, 0.1) is 17.2 Å². The molecule has 0 fully saturated rings. The van der Waals surface area contributed by atoms with E-state index in [-0.39, 0.29) is 28.5 Å². The van der Waals surface area contributed by atoms with Crippen LogP contribution in [-0.2, 0) is 10.9 Å². The van der Waals surface area contributed by atoms with Crippen LogP contribution in [0.4, 0.5) is 17.6 Å². The second-order valence-corrected chi connectivity index (χ2v) is 8.31. The van der Waals surface area contributed by atoms with Gasteiger partial charge in [0.15, 0.2) is 0 Å². The van der Waals surface area contributed by atoms with Crippen molar-refractivity contribution in [2.75, 3.05) is 13.7 Å². The van der Waals surface area contributed by atoms with Crippen LogP contribution in [0.5, 0.6) is 11.5 Å². The van der Waals surface area contributed by atoms with Crippen molar-refractivity contribution >= 4 is 10.9 Å². The quantitative estimate of drug-likeness (QED) is 0.293. The Morgan fingerprint density at radius 1 is 0.972 bits per heavy atom. The summed E-state index contributed by atoms with van der Waals surface area (Å²) >= 11 is 0. The molecule has 1 aromatic heterocycles. The molecule has 3 aromatic carbocycles. The van der Waals surface area contributed by atoms with E-state index in [0.29, 0.717) is 34.9 Å². The summed E-state index contributed by atoms with van der Waals surface area (Å²) in [4.78, 5) is 4.24. The Labute approximate surface area is 204 Å². The summed E-state index contributed by atoms with van der Waals surface area (Å²) in [6, 6.07) is 13.1. The zero-order chi connectivity index (χ0) is 26.0. The second-order valence-electron chi connectivity index (χ2n) is 8.31. The van der Waals surface area contributed by atoms with Gasteiger partial charge >= 0.3 is 6.18 Å². The number of benzene rings is 3. The van der Waals surface area contributed by atoms with Crippen molar-refractivity contribution in [1.82, 2.24) is 4.98 Å². The van der Waals surface area contributed by atoms with Crippen molar-refractivity contribution in [1.29, 1.82) is 0 Å². The third kappa shape index (κ3) is 5.27. The molecule has 5 nitrogen and oxygen atoms in total. The van der Waals surface area contributed by atoms with Crippen molar-refractivity contribution < 1.29 is 37.2 Å². The fourth-order valence-corrected chi connectivity index (χ4v) is 3.82. The number of nitrogens with zero attached hydrogens (tertiary/aromatic N) is 1. The first-order chi connectivity index (χ1) is 17.1. The molecule has 1 heterocycles. The molecule has 0 aliphatic heterocycles. The van der Waals surface area contributed by atoms with Crippen LogP contribution in [0.3, 0.4) is 0 Å². The highest BCUT2D eigenvalue weighted by molar-refractivity contribution is 5.90. The van der Waals surface area contributed by atoms with Crippen LogP contribution in [-0.4, -0.2) is 35.0 Å². The maximum Gasteiger partial charge on any atom is 0.416 e. The van der Waals surface area contributed by atoms with Gasteiger partial charge in [-0.1, -0.05) is 18.2 Å². The summed E-state index contributed by atoms with van der Waals surface area (Å²) in [5.41, 5.74) is -0.137. The second kappa shape index (κ2) is 10.1. The molecule has 36 heavy (non-hydrogen) atoms. The summed E-state index contributed by atoms with van der Waals surface area (Å²) in [6.07, 6.45) is -4.83. The summed E-state index contributed by atoms with van der Waals surface area (Å²) in [5, 5.41) is 21.6. The van der Waals surface area contributed by atoms with E-state index in [1.165, 1.54) is 24.4 Å². The average Bonchev–Trinajstić information content (AvgIpc) is 2.86. The topological polar surface area (TPSA) is 71.8 Å². The van der Waals surface area contributed by atoms with Crippen LogP contribution in [0.25, 0.3) is 22.0 Å². The summed E-state index contributed by atoms with van der Waals surface area (Å²) < 4.78 is 64.9. The normalized spacial score (nSPS) is 13.5. The number of phenolic OH excluding ortho intramolecular Hbond substituents is 1. The van der Waals surface area contributed by atoms with E-state index in [0.717, 1.165) is 12.1 Å². The van der Waals surface area contributed by atoms with Gasteiger partial charge in [-0.3, -0.25) is 4.98 Å². The minimum atomic E-state index is -4.70. The van der Waals surface area contributed by atoms with Crippen LogP contribution in [0.1, 0.15) is 29.7 Å². The molecular formula is C27H23F4NO4. The number of hydrogen-bond acceptors (Lipinski definition) is 5. The van der Waals surface area contributed by atoms with E-state index in [1.54, 1.807) is 31.4 Å². The Morgan fingerprint density at radius 2 is 1.69 bits per heavy atom. The molecule has 0 saturated carbocycles. The molecule has 9 heteroatoms. The molecule has 188 valence electrons. The number of aromatic hydroxyl groups is 1. The van der Waals surface area contributed by atoms with Gasteiger partial charge in [0.1, 0.15) is 30.0 Å². The number of fused-ring (bicyclic) bond motifs is 1. The smallest absolute Gasteiger partial charge is 0.416 e. The molecule has 4 aromatic rings. The molecule has 0 saturated heterocycles. The largest absolute Gasteiger partial charge is 0.508 e. The molecule has 0 aliphatic rings. The Kier molecular flexibility index (Phi) is 7.14. The average molecular weight is 501 g/mol. The number of aliphatic hydroxyl groups excluding tert-OH is 1. The number of methoxy groups -OCH3 is 1. The van der Waals surface area contributed by atoms with E-state index < -0.39 is 23.7 Å². The zero-order valence-electron chi connectivity index (χ0n) is 19.4. The first-order valence-electron chi connectivity index (χ1n) is 11.0. The molecular weight excluding hydrogens is 478 g/mol. The van der Waals surface area contributed by atoms with Gasteiger partial charge in [0, 0.05) is 41.4 Å². The van der Waals surface area contributed by atoms with Crippen molar-refractivity contribution in [3.63, 3.8) is 0 Å². The van der Waals surface area contributed by atoms with Gasteiger partial charge in [-0.15, -0.1) is 0 Å². The maximum absolute atomic E-state index is 14.9. The highest BCUT2D eigenvalue weighted by atomic mass is 19.4. The standard InChI is InChI=1S/C27H23F4NO4/c1-15(35-2)14-36-19-7-3-16(4-8-19)26(34)25-21-10-6-18(33)12-24(21)32-13-22(25)20-9-5-17(11-23(20)28)27(29,30)31/h3-13,15,26,33-34H,14H2,1-2H3/t15?,26-/m1/s1. The van der Waals surface area contributed by atoms with Crippen LogP contribution in [0, 0.1) is 5.82 Å². The number of rotatable bonds is 7. The Hall–Kier alpha value is -3.69. The molecule has 0 bridgehead atoms. The van der Waals surface area contributed by atoms with Gasteiger partial charge in [0.2, 0.25) is 0 Å². The summed E-state index contributed by atoms with van der Waals surface area (Å²) in [5.74, 6) is -0.613. The summed E-state index contributed by atoms with van der Waals surface area (Å²) in [7, 11) is 1.57. The lowest BCUT2D eigenvalue weighted by Crippen LogP contribution is -2.15. The SMILES string of the molecule is COC(C)COc1ccc([C@@H](O)c2c(-c3ccc(C(F)(F)F)cc3F)cnc3cc(O)ccc23)cc1. The van der Waals surface area contributed by atoms with E-state index >= 15 is 0 Å². The zero-order valence-corrected chi connectivity index (χ0v) is 19.4. The fourth-order valence-electron chi connectivity index (χ4n) is 3.82. The first kappa shape index (κ1) is 25.4. The third-order valence-corrected chi connectivity index (χ3v) is 5.84. The molecule has 2 atom stereocenters. The summed E-state index contributed by atoms with van der Waals surface area (Å²) in [6.45, 7) is 2.18. The molecule has 0 aliphatic carbocycles. The molecule has 0 spiro atoms. The first-order valence-corrected chi connectivity index (χ1v) is 11.0. The lowest BCUT2D eigenvalue weighted by atomic mass is 9.90. The highest BCUT2D eigenvalue weighted by Gasteiger charge is 2.32. The molecule has 2 N–H and O–H groups in total. The minimum Gasteiger partial charge on any atom is -0.508 e. The van der Waals surface area contributed by atoms with Crippen molar-refractivity contribution in [3.05, 3.63) is 89.4 Å². The number of halogens is 4. The predicted octanol–water partition coefficient (Wildman–Crippen LogP) is 6.26. The molecule has 4 rings (SSSR count). The highest BCUT2D eigenvalue weighted by Crippen LogP contribution is 2.40. The van der Waals surface area contributed by atoms with Crippen LogP contribution in [0.2, 0.25) is 0 Å². The minimum absolute atomic E-state index is 0.0595. The number of pyridine rings is 1. The van der Waals surface area contributed by atoms with E-state index in [1.807, 2.05) is 6.92 Å². The van der Waals surface area contributed by atoms with Gasteiger partial charge in [-0.25, -0.2) is 4.39 Å². The Balaban J connectivity index is 1.80. The van der Waals surface area contributed by atoms with E-state index in [4.69, 9.17) is 9.47 Å². The lowest BCUT2D eigenvalue weighted by Gasteiger charge is -2.20. The van der Waals surface area contributed by atoms with Gasteiger partial charge in [-0.2, -0.15) is 13.2 Å². The van der Waals surface area contributed by atoms with Gasteiger partial charge in [-0.05, 0) is 48.9 Å². The van der Waals surface area contributed by atoms with Crippen molar-refractivity contribution in [3.8, 4) is 22.6 Å². The molecule has 0 amide bonds. The number of hydrogen-bond donors (Lipinski definition) is 2. The van der Waals surface area contributed by atoms with Crippen LogP contribution in [0.15, 0.2) is 66.9 Å². The number of aliphatic hydroxyl groups is 1. The molecule has 1 unspecified atom stereocenters. The number of phenols is 1. The molecule has 0 radical (unpaired) electrons. The van der Waals surface area contributed by atoms with Crippen LogP contribution >= 0.6 is 0 Å². The predicted molar refractivity (Wildman–Crippen MR) is 126 cm³/mol. The maximum atomic E-state index is 14.9. The van der Waals surface area contributed by atoms with Gasteiger partial charge < -0.3 is 19.7 Å². The monoisotopic (exact) mass is 501 g/mol. The van der Waals surface area contributed by atoms with Gasteiger partial charge in [0.25, 0.3) is 0 Å². The van der Waals surface area contributed by atoms with Crippen molar-refractivity contribution in [2.45, 2.75) is 25.3 Å². The lowest BCUT2D eigenvalue weighted by molar-refractivity contribution is -0.137. The van der Waals surface area contributed by atoms with E-state index in [9.17, 15) is 27.8 Å². The number of aromatic nitrogens is 1. The number of ether oxygens (including phenoxy) is 2. The Morgan fingerprint density at radius 3 is 2.33 bits per heavy atom. The third-order valence-electron chi connectivity index (χ3n) is 5.84. The van der Waals surface area contributed by atoms with E-state index in [2.05, 4.69) is 4.98 Å². The Bertz CT molecular complexity index is 1370. The van der Waals surface area contributed by atoms with Crippen molar-refractivity contribution in [2.24, 2.45) is 0 Å².